The first-order chi connectivity index (χ1) is 7.83. The Morgan fingerprint density at radius 3 is 3.06 bits per heavy atom. The molecular formula is C12H21N3O. The van der Waals surface area contributed by atoms with Crippen LogP contribution < -0.4 is 5.32 Å². The zero-order valence-electron chi connectivity index (χ0n) is 10.2. The summed E-state index contributed by atoms with van der Waals surface area (Å²) in [4.78, 5) is 0. The lowest BCUT2D eigenvalue weighted by molar-refractivity contribution is 0.0500. The van der Waals surface area contributed by atoms with Gasteiger partial charge < -0.3 is 10.1 Å². The van der Waals surface area contributed by atoms with E-state index in [0.717, 1.165) is 38.2 Å². The Morgan fingerprint density at radius 2 is 2.44 bits per heavy atom. The van der Waals surface area contributed by atoms with Gasteiger partial charge in [-0.2, -0.15) is 5.10 Å². The molecule has 2 heterocycles. The minimum absolute atomic E-state index is 0.380. The van der Waals surface area contributed by atoms with Crippen LogP contribution in [0.5, 0.6) is 0 Å². The van der Waals surface area contributed by atoms with Gasteiger partial charge in [0.2, 0.25) is 0 Å². The van der Waals surface area contributed by atoms with Crippen LogP contribution >= 0.6 is 0 Å². The zero-order valence-corrected chi connectivity index (χ0v) is 10.2. The SMILES string of the molecule is CCc1cc(COC2CCNC2)n(CC)n1. The second-order valence-corrected chi connectivity index (χ2v) is 4.22. The first-order valence-electron chi connectivity index (χ1n) is 6.21. The minimum Gasteiger partial charge on any atom is -0.371 e. The summed E-state index contributed by atoms with van der Waals surface area (Å²) < 4.78 is 7.91. The van der Waals surface area contributed by atoms with Crippen molar-refractivity contribution in [3.63, 3.8) is 0 Å². The third kappa shape index (κ3) is 2.62. The topological polar surface area (TPSA) is 39.1 Å². The van der Waals surface area contributed by atoms with E-state index in [1.54, 1.807) is 0 Å². The van der Waals surface area contributed by atoms with Gasteiger partial charge in [-0.15, -0.1) is 0 Å². The fourth-order valence-corrected chi connectivity index (χ4v) is 2.05. The highest BCUT2D eigenvalue weighted by Gasteiger charge is 2.15. The summed E-state index contributed by atoms with van der Waals surface area (Å²) in [6, 6.07) is 2.16. The molecule has 0 aliphatic carbocycles. The average Bonchev–Trinajstić information content (AvgIpc) is 2.95. The highest BCUT2D eigenvalue weighted by Crippen LogP contribution is 2.11. The van der Waals surface area contributed by atoms with Gasteiger partial charge >= 0.3 is 0 Å². The Morgan fingerprint density at radius 1 is 1.56 bits per heavy atom. The van der Waals surface area contributed by atoms with E-state index < -0.39 is 0 Å². The van der Waals surface area contributed by atoms with Gasteiger partial charge in [0.05, 0.1) is 24.1 Å². The number of aryl methyl sites for hydroxylation is 2. The van der Waals surface area contributed by atoms with Gasteiger partial charge in [0.1, 0.15) is 0 Å². The zero-order chi connectivity index (χ0) is 11.4. The predicted octanol–water partition coefficient (Wildman–Crippen LogP) is 1.34. The van der Waals surface area contributed by atoms with Crippen molar-refractivity contribution in [3.05, 3.63) is 17.5 Å². The van der Waals surface area contributed by atoms with Crippen LogP contribution in [0.25, 0.3) is 0 Å². The number of rotatable bonds is 5. The molecule has 0 amide bonds. The maximum Gasteiger partial charge on any atom is 0.0889 e. The Bertz CT molecular complexity index is 329. The van der Waals surface area contributed by atoms with Gasteiger partial charge in [0.15, 0.2) is 0 Å². The third-order valence-corrected chi connectivity index (χ3v) is 3.06. The smallest absolute Gasteiger partial charge is 0.0889 e. The standard InChI is InChI=1S/C12H21N3O/c1-3-10-7-11(15(4-2)14-10)9-16-12-5-6-13-8-12/h7,12-13H,3-6,8-9H2,1-2H3. The molecule has 1 aromatic rings. The molecule has 1 aliphatic heterocycles. The quantitative estimate of drug-likeness (QED) is 0.819. The number of hydrogen-bond donors (Lipinski definition) is 1. The lowest BCUT2D eigenvalue weighted by Gasteiger charge is -2.10. The summed E-state index contributed by atoms with van der Waals surface area (Å²) >= 11 is 0. The normalized spacial score (nSPS) is 20.5. The monoisotopic (exact) mass is 223 g/mol. The van der Waals surface area contributed by atoms with Crippen LogP contribution in [0, 0.1) is 0 Å². The Balaban J connectivity index is 1.93. The van der Waals surface area contributed by atoms with Crippen LogP contribution in [0.4, 0.5) is 0 Å². The van der Waals surface area contributed by atoms with Crippen molar-refractivity contribution in [2.75, 3.05) is 13.1 Å². The summed E-state index contributed by atoms with van der Waals surface area (Å²) in [5.74, 6) is 0. The van der Waals surface area contributed by atoms with Gasteiger partial charge in [0.25, 0.3) is 0 Å². The predicted molar refractivity (Wildman–Crippen MR) is 63.3 cm³/mol. The van der Waals surface area contributed by atoms with E-state index >= 15 is 0 Å². The lowest BCUT2D eigenvalue weighted by atomic mass is 10.3. The molecule has 4 heteroatoms. The molecule has 4 nitrogen and oxygen atoms in total. The highest BCUT2D eigenvalue weighted by atomic mass is 16.5. The summed E-state index contributed by atoms with van der Waals surface area (Å²) in [6.45, 7) is 7.93. The molecule has 90 valence electrons. The maximum atomic E-state index is 5.87. The van der Waals surface area contributed by atoms with Gasteiger partial charge in [-0.25, -0.2) is 0 Å². The first-order valence-corrected chi connectivity index (χ1v) is 6.21. The highest BCUT2D eigenvalue weighted by molar-refractivity contribution is 5.09. The number of hydrogen-bond acceptors (Lipinski definition) is 3. The molecule has 1 fully saturated rings. The Kier molecular flexibility index (Phi) is 3.96. The molecule has 1 saturated heterocycles. The molecular weight excluding hydrogens is 202 g/mol. The second-order valence-electron chi connectivity index (χ2n) is 4.22. The summed E-state index contributed by atoms with van der Waals surface area (Å²) in [6.07, 6.45) is 2.50. The lowest BCUT2D eigenvalue weighted by Crippen LogP contribution is -2.17. The molecule has 1 aromatic heterocycles. The second kappa shape index (κ2) is 5.46. The van der Waals surface area contributed by atoms with Crippen molar-refractivity contribution in [1.29, 1.82) is 0 Å². The van der Waals surface area contributed by atoms with Crippen LogP contribution in [0.15, 0.2) is 6.07 Å². The minimum atomic E-state index is 0.380. The third-order valence-electron chi connectivity index (χ3n) is 3.06. The van der Waals surface area contributed by atoms with Gasteiger partial charge in [0, 0.05) is 13.1 Å². The average molecular weight is 223 g/mol. The van der Waals surface area contributed by atoms with Crippen molar-refractivity contribution < 1.29 is 4.74 Å². The molecule has 0 bridgehead atoms. The van der Waals surface area contributed by atoms with Gasteiger partial charge in [-0.3, -0.25) is 4.68 Å². The first kappa shape index (κ1) is 11.6. The summed E-state index contributed by atoms with van der Waals surface area (Å²) in [5.41, 5.74) is 2.36. The van der Waals surface area contributed by atoms with Crippen molar-refractivity contribution in [3.8, 4) is 0 Å². The van der Waals surface area contributed by atoms with Crippen LogP contribution in [-0.4, -0.2) is 29.0 Å². The van der Waals surface area contributed by atoms with E-state index in [1.807, 2.05) is 4.68 Å². The molecule has 1 N–H and O–H groups in total. The Labute approximate surface area is 97.0 Å². The van der Waals surface area contributed by atoms with Crippen molar-refractivity contribution >= 4 is 0 Å². The number of aromatic nitrogens is 2. The van der Waals surface area contributed by atoms with E-state index in [0.29, 0.717) is 12.7 Å². The van der Waals surface area contributed by atoms with E-state index in [4.69, 9.17) is 4.74 Å². The van der Waals surface area contributed by atoms with Gasteiger partial charge in [-0.1, -0.05) is 6.92 Å². The van der Waals surface area contributed by atoms with Crippen molar-refractivity contribution in [2.45, 2.75) is 45.9 Å². The van der Waals surface area contributed by atoms with Crippen molar-refractivity contribution in [2.24, 2.45) is 0 Å². The van der Waals surface area contributed by atoms with Crippen LogP contribution in [0.2, 0.25) is 0 Å². The maximum absolute atomic E-state index is 5.87. The fraction of sp³-hybridized carbons (Fsp3) is 0.750. The molecule has 16 heavy (non-hydrogen) atoms. The van der Waals surface area contributed by atoms with E-state index in [1.165, 1.54) is 5.69 Å². The molecule has 1 atom stereocenters. The van der Waals surface area contributed by atoms with Crippen molar-refractivity contribution in [1.82, 2.24) is 15.1 Å². The van der Waals surface area contributed by atoms with E-state index in [2.05, 4.69) is 30.3 Å². The molecule has 1 unspecified atom stereocenters. The van der Waals surface area contributed by atoms with Crippen LogP contribution in [-0.2, 0) is 24.3 Å². The Hall–Kier alpha value is -0.870. The molecule has 2 rings (SSSR count). The molecule has 0 saturated carbocycles. The van der Waals surface area contributed by atoms with Gasteiger partial charge in [-0.05, 0) is 32.4 Å². The fourth-order valence-electron chi connectivity index (χ4n) is 2.05. The molecule has 0 radical (unpaired) electrons. The van der Waals surface area contributed by atoms with E-state index in [9.17, 15) is 0 Å². The number of ether oxygens (including phenoxy) is 1. The number of nitrogens with one attached hydrogen (secondary N) is 1. The molecule has 0 aromatic carbocycles. The van der Waals surface area contributed by atoms with E-state index in [-0.39, 0.29) is 0 Å². The summed E-state index contributed by atoms with van der Waals surface area (Å²) in [5, 5.41) is 7.82. The summed E-state index contributed by atoms with van der Waals surface area (Å²) in [7, 11) is 0. The largest absolute Gasteiger partial charge is 0.371 e. The number of nitrogens with zero attached hydrogens (tertiary/aromatic N) is 2. The van der Waals surface area contributed by atoms with Crippen LogP contribution in [0.3, 0.4) is 0 Å². The molecule has 1 aliphatic rings. The van der Waals surface area contributed by atoms with Crippen LogP contribution in [0.1, 0.15) is 31.7 Å². The molecule has 0 spiro atoms.